The fraction of sp³-hybridized carbons (Fsp3) is 0.200. The molecule has 7 nitrogen and oxygen atoms in total. The Bertz CT molecular complexity index is 1360. The van der Waals surface area contributed by atoms with Gasteiger partial charge in [-0.2, -0.15) is 0 Å². The number of aromatic nitrogens is 1. The zero-order valence-electron chi connectivity index (χ0n) is 18.8. The standard InChI is InChI=1S/C25H25N3O4S2/c1-17(2)28-34(30,31)16-20-12-7-6-11-19(20)15-26-24(29)23-22(18-9-4-3-5-10-18)27-25(33-23)21-13-8-14-32-21/h3-14,17,28H,15-16H2,1-2H3,(H,26,29). The van der Waals surface area contributed by atoms with Crippen molar-refractivity contribution in [1.82, 2.24) is 15.0 Å². The number of rotatable bonds is 9. The average molecular weight is 496 g/mol. The minimum absolute atomic E-state index is 0.157. The Kier molecular flexibility index (Phi) is 7.26. The molecular formula is C25H25N3O4S2. The molecule has 0 aliphatic carbocycles. The number of carbonyl (C=O) groups is 1. The van der Waals surface area contributed by atoms with Crippen molar-refractivity contribution >= 4 is 27.3 Å². The lowest BCUT2D eigenvalue weighted by Gasteiger charge is -2.13. The number of amides is 1. The van der Waals surface area contributed by atoms with Gasteiger partial charge in [0.2, 0.25) is 10.0 Å². The molecule has 176 valence electrons. The Morgan fingerprint density at radius 1 is 1.00 bits per heavy atom. The molecular weight excluding hydrogens is 470 g/mol. The van der Waals surface area contributed by atoms with E-state index in [0.717, 1.165) is 11.1 Å². The monoisotopic (exact) mass is 495 g/mol. The van der Waals surface area contributed by atoms with E-state index in [-0.39, 0.29) is 24.2 Å². The lowest BCUT2D eigenvalue weighted by molar-refractivity contribution is 0.0955. The second-order valence-electron chi connectivity index (χ2n) is 8.02. The maximum Gasteiger partial charge on any atom is 0.263 e. The van der Waals surface area contributed by atoms with Gasteiger partial charge in [0.1, 0.15) is 4.88 Å². The Hall–Kier alpha value is -3.27. The molecule has 4 aromatic rings. The van der Waals surface area contributed by atoms with Crippen molar-refractivity contribution in [1.29, 1.82) is 0 Å². The molecule has 0 aliphatic heterocycles. The van der Waals surface area contributed by atoms with Crippen LogP contribution in [0.5, 0.6) is 0 Å². The molecule has 0 saturated carbocycles. The molecule has 2 heterocycles. The predicted molar refractivity (Wildman–Crippen MR) is 134 cm³/mol. The van der Waals surface area contributed by atoms with E-state index in [1.54, 1.807) is 44.4 Å². The number of nitrogens with zero attached hydrogens (tertiary/aromatic N) is 1. The number of hydrogen-bond acceptors (Lipinski definition) is 6. The van der Waals surface area contributed by atoms with Gasteiger partial charge >= 0.3 is 0 Å². The van der Waals surface area contributed by atoms with Crippen molar-refractivity contribution in [3.63, 3.8) is 0 Å². The number of sulfonamides is 1. The first-order valence-corrected chi connectivity index (χ1v) is 13.2. The zero-order chi connectivity index (χ0) is 24.1. The van der Waals surface area contributed by atoms with Crippen molar-refractivity contribution in [2.45, 2.75) is 32.2 Å². The summed E-state index contributed by atoms with van der Waals surface area (Å²) in [5, 5.41) is 3.55. The molecule has 0 bridgehead atoms. The summed E-state index contributed by atoms with van der Waals surface area (Å²) in [6.45, 7) is 3.74. The van der Waals surface area contributed by atoms with Gasteiger partial charge in [-0.15, -0.1) is 11.3 Å². The van der Waals surface area contributed by atoms with Gasteiger partial charge in [-0.05, 0) is 37.1 Å². The highest BCUT2D eigenvalue weighted by molar-refractivity contribution is 7.88. The molecule has 0 radical (unpaired) electrons. The Balaban J connectivity index is 1.58. The predicted octanol–water partition coefficient (Wildman–Crippen LogP) is 4.83. The first kappa shape index (κ1) is 23.9. The average Bonchev–Trinajstić information content (AvgIpc) is 3.48. The van der Waals surface area contributed by atoms with Gasteiger partial charge in [0.05, 0.1) is 17.7 Å². The maximum atomic E-state index is 13.2. The van der Waals surface area contributed by atoms with Crippen LogP contribution in [-0.4, -0.2) is 25.4 Å². The maximum absolute atomic E-state index is 13.2. The molecule has 0 unspecified atom stereocenters. The topological polar surface area (TPSA) is 101 Å². The van der Waals surface area contributed by atoms with Crippen molar-refractivity contribution < 1.29 is 17.6 Å². The summed E-state index contributed by atoms with van der Waals surface area (Å²) in [6.07, 6.45) is 1.57. The van der Waals surface area contributed by atoms with Crippen LogP contribution in [0.3, 0.4) is 0 Å². The summed E-state index contributed by atoms with van der Waals surface area (Å²) in [6, 6.07) is 20.1. The molecule has 0 atom stereocenters. The largest absolute Gasteiger partial charge is 0.462 e. The highest BCUT2D eigenvalue weighted by atomic mass is 32.2. The third kappa shape index (κ3) is 5.80. The zero-order valence-corrected chi connectivity index (χ0v) is 20.4. The molecule has 2 aromatic heterocycles. The smallest absolute Gasteiger partial charge is 0.263 e. The minimum Gasteiger partial charge on any atom is -0.462 e. The van der Waals surface area contributed by atoms with Crippen LogP contribution in [0.2, 0.25) is 0 Å². The second kappa shape index (κ2) is 10.3. The van der Waals surface area contributed by atoms with Crippen LogP contribution >= 0.6 is 11.3 Å². The highest BCUT2D eigenvalue weighted by Gasteiger charge is 2.22. The van der Waals surface area contributed by atoms with Gasteiger partial charge in [-0.25, -0.2) is 18.1 Å². The van der Waals surface area contributed by atoms with Crippen LogP contribution < -0.4 is 10.0 Å². The van der Waals surface area contributed by atoms with E-state index in [4.69, 9.17) is 4.42 Å². The van der Waals surface area contributed by atoms with Gasteiger partial charge in [-0.1, -0.05) is 54.6 Å². The summed E-state index contributed by atoms with van der Waals surface area (Å²) in [5.74, 6) is 0.150. The van der Waals surface area contributed by atoms with Crippen LogP contribution in [0.25, 0.3) is 22.0 Å². The summed E-state index contributed by atoms with van der Waals surface area (Å²) in [4.78, 5) is 18.4. The van der Waals surface area contributed by atoms with Crippen LogP contribution in [0.1, 0.15) is 34.6 Å². The van der Waals surface area contributed by atoms with E-state index in [2.05, 4.69) is 15.0 Å². The Labute approximate surface area is 202 Å². The number of furan rings is 1. The van der Waals surface area contributed by atoms with Gasteiger partial charge in [0.25, 0.3) is 5.91 Å². The Morgan fingerprint density at radius 3 is 2.38 bits per heavy atom. The summed E-state index contributed by atoms with van der Waals surface area (Å²) >= 11 is 1.25. The fourth-order valence-corrected chi connectivity index (χ4v) is 5.97. The van der Waals surface area contributed by atoms with E-state index < -0.39 is 10.0 Å². The molecule has 0 aliphatic rings. The van der Waals surface area contributed by atoms with Crippen molar-refractivity contribution in [3.05, 3.63) is 89.0 Å². The van der Waals surface area contributed by atoms with Crippen LogP contribution in [-0.2, 0) is 22.3 Å². The summed E-state index contributed by atoms with van der Waals surface area (Å²) in [7, 11) is -3.49. The fourth-order valence-electron chi connectivity index (χ4n) is 3.50. The number of nitrogens with one attached hydrogen (secondary N) is 2. The van der Waals surface area contributed by atoms with Gasteiger partial charge in [0.15, 0.2) is 10.8 Å². The molecule has 34 heavy (non-hydrogen) atoms. The van der Waals surface area contributed by atoms with Crippen molar-refractivity contribution in [3.8, 4) is 22.0 Å². The molecule has 9 heteroatoms. The van der Waals surface area contributed by atoms with Gasteiger partial charge < -0.3 is 9.73 Å². The number of thiazole rings is 1. The third-order valence-corrected chi connectivity index (χ3v) is 7.52. The summed E-state index contributed by atoms with van der Waals surface area (Å²) < 4.78 is 32.9. The van der Waals surface area contributed by atoms with Crippen molar-refractivity contribution in [2.24, 2.45) is 0 Å². The van der Waals surface area contributed by atoms with Gasteiger partial charge in [-0.3, -0.25) is 4.79 Å². The Morgan fingerprint density at radius 2 is 1.71 bits per heavy atom. The summed E-state index contributed by atoms with van der Waals surface area (Å²) in [5.41, 5.74) is 2.78. The lowest BCUT2D eigenvalue weighted by atomic mass is 10.1. The molecule has 2 aromatic carbocycles. The van der Waals surface area contributed by atoms with E-state index in [0.29, 0.717) is 26.9 Å². The molecule has 1 amide bonds. The van der Waals surface area contributed by atoms with Crippen LogP contribution in [0.15, 0.2) is 77.4 Å². The van der Waals surface area contributed by atoms with E-state index in [1.807, 2.05) is 42.5 Å². The quantitative estimate of drug-likeness (QED) is 0.346. The highest BCUT2D eigenvalue weighted by Crippen LogP contribution is 2.34. The molecule has 4 rings (SSSR count). The molecule has 2 N–H and O–H groups in total. The normalized spacial score (nSPS) is 11.6. The SMILES string of the molecule is CC(C)NS(=O)(=O)Cc1ccccc1CNC(=O)c1sc(-c2ccco2)nc1-c1ccccc1. The first-order valence-electron chi connectivity index (χ1n) is 10.8. The first-order chi connectivity index (χ1) is 16.3. The number of benzene rings is 2. The van der Waals surface area contributed by atoms with Crippen LogP contribution in [0.4, 0.5) is 0 Å². The minimum atomic E-state index is -3.49. The number of carbonyl (C=O) groups excluding carboxylic acids is 1. The van der Waals surface area contributed by atoms with Gasteiger partial charge in [0, 0.05) is 18.2 Å². The lowest BCUT2D eigenvalue weighted by Crippen LogP contribution is -2.31. The molecule has 0 saturated heterocycles. The third-order valence-electron chi connectivity index (χ3n) is 4.93. The van der Waals surface area contributed by atoms with Crippen molar-refractivity contribution in [2.75, 3.05) is 0 Å². The molecule has 0 fully saturated rings. The molecule has 0 spiro atoms. The van der Waals surface area contributed by atoms with Crippen LogP contribution in [0, 0.1) is 0 Å². The van der Waals surface area contributed by atoms with E-state index >= 15 is 0 Å². The second-order valence-corrected chi connectivity index (χ2v) is 10.8. The van der Waals surface area contributed by atoms with E-state index in [1.165, 1.54) is 11.3 Å². The van der Waals surface area contributed by atoms with E-state index in [9.17, 15) is 13.2 Å². The number of hydrogen-bond donors (Lipinski definition) is 2.